The zero-order valence-electron chi connectivity index (χ0n) is 19.6. The number of carboxylic acid groups (broad SMARTS) is 1. The van der Waals surface area contributed by atoms with E-state index in [1.165, 1.54) is 0 Å². The molecule has 2 aliphatic carbocycles. The van der Waals surface area contributed by atoms with Crippen LogP contribution >= 0.6 is 0 Å². The first-order valence-electron chi connectivity index (χ1n) is 12.3. The molecule has 0 heterocycles. The number of carbonyl (C=O) groups excluding carboxylic acids is 2. The highest BCUT2D eigenvalue weighted by molar-refractivity contribution is 5.81. The summed E-state index contributed by atoms with van der Waals surface area (Å²) in [7, 11) is 0. The van der Waals surface area contributed by atoms with Gasteiger partial charge < -0.3 is 25.6 Å². The second kappa shape index (κ2) is 11.4. The number of rotatable bonds is 8. The zero-order valence-corrected chi connectivity index (χ0v) is 19.6. The molecule has 0 aromatic heterocycles. The maximum atomic E-state index is 12.8. The molecule has 0 spiro atoms. The van der Waals surface area contributed by atoms with Crippen molar-refractivity contribution in [2.24, 2.45) is 5.92 Å². The van der Waals surface area contributed by atoms with E-state index in [0.29, 0.717) is 12.8 Å². The molecule has 35 heavy (non-hydrogen) atoms. The second-order valence-electron chi connectivity index (χ2n) is 9.25. The van der Waals surface area contributed by atoms with Gasteiger partial charge in [0.05, 0.1) is 5.92 Å². The Labute approximate surface area is 204 Å². The Bertz CT molecular complexity index is 1030. The molecule has 2 aromatic rings. The molecule has 2 aromatic carbocycles. The Morgan fingerprint density at radius 2 is 1.57 bits per heavy atom. The molecule has 1 saturated carbocycles. The van der Waals surface area contributed by atoms with Crippen molar-refractivity contribution in [3.63, 3.8) is 0 Å². The third kappa shape index (κ3) is 5.82. The minimum atomic E-state index is -1.51. The number of amides is 2. The number of carbonyl (C=O) groups is 3. The van der Waals surface area contributed by atoms with Crippen LogP contribution in [0, 0.1) is 5.92 Å². The largest absolute Gasteiger partial charge is 0.479 e. The topological polar surface area (TPSA) is 125 Å². The maximum absolute atomic E-state index is 12.8. The minimum absolute atomic E-state index is 0.0398. The molecule has 4 N–H and O–H groups in total. The lowest BCUT2D eigenvalue weighted by Crippen LogP contribution is -2.47. The maximum Gasteiger partial charge on any atom is 0.407 e. The fourth-order valence-electron chi connectivity index (χ4n) is 5.17. The predicted molar refractivity (Wildman–Crippen MR) is 130 cm³/mol. The molecule has 186 valence electrons. The van der Waals surface area contributed by atoms with Crippen molar-refractivity contribution in [2.75, 3.05) is 13.2 Å². The first kappa shape index (κ1) is 24.7. The summed E-state index contributed by atoms with van der Waals surface area (Å²) in [5.41, 5.74) is 4.59. The molecule has 8 nitrogen and oxygen atoms in total. The van der Waals surface area contributed by atoms with Crippen LogP contribution < -0.4 is 10.6 Å². The van der Waals surface area contributed by atoms with Crippen molar-refractivity contribution in [1.82, 2.24) is 10.6 Å². The first-order valence-corrected chi connectivity index (χ1v) is 12.3. The summed E-state index contributed by atoms with van der Waals surface area (Å²) in [6.07, 6.45) is 1.91. The van der Waals surface area contributed by atoms with Gasteiger partial charge in [-0.05, 0) is 35.1 Å². The Morgan fingerprint density at radius 3 is 2.23 bits per heavy atom. The van der Waals surface area contributed by atoms with Gasteiger partial charge in [0.2, 0.25) is 5.91 Å². The lowest BCUT2D eigenvalue weighted by molar-refractivity contribution is -0.147. The number of aliphatic carboxylic acids is 1. The highest BCUT2D eigenvalue weighted by Gasteiger charge is 2.33. The van der Waals surface area contributed by atoms with Crippen molar-refractivity contribution in [2.45, 2.75) is 56.6 Å². The van der Waals surface area contributed by atoms with E-state index >= 15 is 0 Å². The number of fused-ring (bicyclic) bond motifs is 3. The quantitative estimate of drug-likeness (QED) is 0.429. The minimum Gasteiger partial charge on any atom is -0.479 e. The van der Waals surface area contributed by atoms with Gasteiger partial charge in [0, 0.05) is 24.9 Å². The average Bonchev–Trinajstić information content (AvgIpc) is 2.99. The summed E-state index contributed by atoms with van der Waals surface area (Å²) in [5, 5.41) is 23.8. The third-order valence-corrected chi connectivity index (χ3v) is 7.00. The Balaban J connectivity index is 1.35. The summed E-state index contributed by atoms with van der Waals surface area (Å²) in [5.74, 6) is -2.03. The second-order valence-corrected chi connectivity index (χ2v) is 9.25. The van der Waals surface area contributed by atoms with Gasteiger partial charge in [-0.15, -0.1) is 0 Å². The summed E-state index contributed by atoms with van der Waals surface area (Å²) >= 11 is 0. The van der Waals surface area contributed by atoms with Crippen molar-refractivity contribution >= 4 is 18.0 Å². The molecule has 0 bridgehead atoms. The predicted octanol–water partition coefficient (Wildman–Crippen LogP) is 3.43. The molecule has 2 amide bonds. The first-order chi connectivity index (χ1) is 17.0. The van der Waals surface area contributed by atoms with E-state index in [9.17, 15) is 19.5 Å². The highest BCUT2D eigenvalue weighted by Crippen LogP contribution is 2.44. The smallest absolute Gasteiger partial charge is 0.407 e. The van der Waals surface area contributed by atoms with Crippen molar-refractivity contribution in [1.29, 1.82) is 0 Å². The fraction of sp³-hybridized carbons (Fsp3) is 0.444. The van der Waals surface area contributed by atoms with E-state index in [2.05, 4.69) is 34.9 Å². The van der Waals surface area contributed by atoms with Crippen molar-refractivity contribution < 1.29 is 29.3 Å². The van der Waals surface area contributed by atoms with Gasteiger partial charge in [-0.3, -0.25) is 4.79 Å². The molecule has 3 atom stereocenters. The molecule has 1 fully saturated rings. The Morgan fingerprint density at radius 1 is 0.943 bits per heavy atom. The van der Waals surface area contributed by atoms with Gasteiger partial charge in [0.1, 0.15) is 6.61 Å². The monoisotopic (exact) mass is 480 g/mol. The van der Waals surface area contributed by atoms with Crippen LogP contribution in [0.5, 0.6) is 0 Å². The van der Waals surface area contributed by atoms with E-state index < -0.39 is 24.1 Å². The molecule has 0 radical (unpaired) electrons. The molecule has 8 heteroatoms. The highest BCUT2D eigenvalue weighted by atomic mass is 16.5. The van der Waals surface area contributed by atoms with Gasteiger partial charge >= 0.3 is 12.1 Å². The number of aliphatic hydroxyl groups is 1. The Kier molecular flexibility index (Phi) is 8.02. The summed E-state index contributed by atoms with van der Waals surface area (Å²) < 4.78 is 5.67. The average molecular weight is 481 g/mol. The van der Waals surface area contributed by atoms with Crippen LogP contribution in [-0.2, 0) is 14.3 Å². The van der Waals surface area contributed by atoms with E-state index in [-0.39, 0.29) is 37.4 Å². The molecule has 4 rings (SSSR count). The number of benzene rings is 2. The number of ether oxygens (including phenoxy) is 1. The number of alkyl carbamates (subject to hydrolysis) is 1. The lowest BCUT2D eigenvalue weighted by atomic mass is 9.93. The zero-order chi connectivity index (χ0) is 24.8. The number of carboxylic acids is 1. The van der Waals surface area contributed by atoms with Gasteiger partial charge in [-0.1, -0.05) is 67.8 Å². The van der Waals surface area contributed by atoms with E-state index in [1.807, 2.05) is 24.3 Å². The van der Waals surface area contributed by atoms with Crippen LogP contribution in [0.4, 0.5) is 4.79 Å². The normalized spacial score (nSPS) is 20.1. The van der Waals surface area contributed by atoms with Gasteiger partial charge in [0.15, 0.2) is 6.10 Å². The van der Waals surface area contributed by atoms with Crippen LogP contribution in [0.15, 0.2) is 48.5 Å². The van der Waals surface area contributed by atoms with Crippen LogP contribution in [-0.4, -0.2) is 53.5 Å². The van der Waals surface area contributed by atoms with Crippen molar-refractivity contribution in [3.05, 3.63) is 59.7 Å². The van der Waals surface area contributed by atoms with Gasteiger partial charge in [0.25, 0.3) is 0 Å². The molecule has 2 aliphatic rings. The van der Waals surface area contributed by atoms with Gasteiger partial charge in [-0.25, -0.2) is 9.59 Å². The molecule has 0 aliphatic heterocycles. The standard InChI is InChI=1S/C27H32N2O6/c30-24(26(32)33)14-15-28-25(31)21-12-2-1-3-13-23(21)29-27(34)35-16-22-19-10-6-4-8-17(19)18-9-5-7-11-20(18)22/h4-11,21-24,30H,1-3,12-16H2,(H,28,31)(H,29,34)(H,32,33)/t21-,23+,24?/m1/s1. The summed E-state index contributed by atoms with van der Waals surface area (Å²) in [6.45, 7) is 0.261. The van der Waals surface area contributed by atoms with E-state index in [0.717, 1.165) is 41.5 Å². The molecule has 0 saturated heterocycles. The van der Waals surface area contributed by atoms with Crippen LogP contribution in [0.3, 0.4) is 0 Å². The van der Waals surface area contributed by atoms with E-state index in [4.69, 9.17) is 9.84 Å². The number of aliphatic hydroxyl groups excluding tert-OH is 1. The van der Waals surface area contributed by atoms with Crippen LogP contribution in [0.1, 0.15) is 55.6 Å². The number of hydrogen-bond donors (Lipinski definition) is 4. The van der Waals surface area contributed by atoms with Crippen LogP contribution in [0.2, 0.25) is 0 Å². The van der Waals surface area contributed by atoms with E-state index in [1.54, 1.807) is 0 Å². The molecular formula is C27H32N2O6. The van der Waals surface area contributed by atoms with Crippen molar-refractivity contribution in [3.8, 4) is 11.1 Å². The molecule has 1 unspecified atom stereocenters. The number of nitrogens with one attached hydrogen (secondary N) is 2. The number of hydrogen-bond acceptors (Lipinski definition) is 5. The lowest BCUT2D eigenvalue weighted by Gasteiger charge is -2.25. The fourth-order valence-corrected chi connectivity index (χ4v) is 5.17. The third-order valence-electron chi connectivity index (χ3n) is 7.00. The van der Waals surface area contributed by atoms with Gasteiger partial charge in [-0.2, -0.15) is 0 Å². The SMILES string of the molecule is O=C(N[C@H]1CCCCC[C@H]1C(=O)NCCC(O)C(=O)O)OCC1c2ccccc2-c2ccccc21. The van der Waals surface area contributed by atoms with Crippen LogP contribution in [0.25, 0.3) is 11.1 Å². The summed E-state index contributed by atoms with van der Waals surface area (Å²) in [4.78, 5) is 36.4. The molecular weight excluding hydrogens is 448 g/mol. The Hall–Kier alpha value is -3.39. The summed E-state index contributed by atoms with van der Waals surface area (Å²) in [6, 6.07) is 15.9.